The molecule has 5 heteroatoms. The van der Waals surface area contributed by atoms with Crippen molar-refractivity contribution in [3.8, 4) is 0 Å². The van der Waals surface area contributed by atoms with Crippen LogP contribution in [-0.2, 0) is 16.0 Å². The van der Waals surface area contributed by atoms with E-state index >= 15 is 0 Å². The Bertz CT molecular complexity index is 539. The fourth-order valence-electron chi connectivity index (χ4n) is 2.48. The highest BCUT2D eigenvalue weighted by atomic mass is 35.5. The Morgan fingerprint density at radius 1 is 1.14 bits per heavy atom. The van der Waals surface area contributed by atoms with Crippen molar-refractivity contribution in [1.29, 1.82) is 0 Å². The van der Waals surface area contributed by atoms with Crippen LogP contribution in [0.25, 0.3) is 0 Å². The van der Waals surface area contributed by atoms with Crippen LogP contribution in [0.3, 0.4) is 0 Å². The van der Waals surface area contributed by atoms with E-state index in [9.17, 15) is 14.7 Å². The summed E-state index contributed by atoms with van der Waals surface area (Å²) in [6, 6.07) is 7.41. The average Bonchev–Trinajstić information content (AvgIpc) is 2.49. The second-order valence-corrected chi connectivity index (χ2v) is 5.58. The zero-order valence-corrected chi connectivity index (χ0v) is 12.3. The number of carboxylic acids is 1. The largest absolute Gasteiger partial charge is 0.550 e. The number of halogens is 1. The first-order chi connectivity index (χ1) is 10.1. The van der Waals surface area contributed by atoms with Crippen LogP contribution >= 0.6 is 11.6 Å². The molecule has 0 aromatic heterocycles. The van der Waals surface area contributed by atoms with Crippen LogP contribution in [0.5, 0.6) is 0 Å². The summed E-state index contributed by atoms with van der Waals surface area (Å²) in [5, 5.41) is 14.5. The molecule has 1 aliphatic rings. The maximum absolute atomic E-state index is 12.1. The van der Waals surface area contributed by atoms with E-state index in [0.29, 0.717) is 30.8 Å². The highest BCUT2D eigenvalue weighted by Crippen LogP contribution is 2.25. The number of carbonyl (C=O) groups is 2. The summed E-state index contributed by atoms with van der Waals surface area (Å²) in [5.41, 5.74) is 1.07. The normalized spacial score (nSPS) is 21.0. The molecule has 1 N–H and O–H groups in total. The third kappa shape index (κ3) is 4.33. The topological polar surface area (TPSA) is 69.2 Å². The molecule has 1 amide bonds. The van der Waals surface area contributed by atoms with Crippen LogP contribution in [0.4, 0.5) is 0 Å². The molecule has 0 spiro atoms. The van der Waals surface area contributed by atoms with E-state index in [2.05, 4.69) is 5.32 Å². The zero-order valence-electron chi connectivity index (χ0n) is 11.5. The van der Waals surface area contributed by atoms with E-state index < -0.39 is 17.8 Å². The van der Waals surface area contributed by atoms with Crippen molar-refractivity contribution in [3.63, 3.8) is 0 Å². The Balaban J connectivity index is 1.85. The van der Waals surface area contributed by atoms with Crippen molar-refractivity contribution in [3.05, 3.63) is 47.0 Å². The molecule has 0 saturated heterocycles. The summed E-state index contributed by atoms with van der Waals surface area (Å²) in [6.45, 7) is 0.473. The monoisotopic (exact) mass is 306 g/mol. The van der Waals surface area contributed by atoms with Crippen LogP contribution in [0.1, 0.15) is 18.4 Å². The van der Waals surface area contributed by atoms with E-state index in [-0.39, 0.29) is 5.91 Å². The molecule has 21 heavy (non-hydrogen) atoms. The van der Waals surface area contributed by atoms with Gasteiger partial charge in [-0.05, 0) is 37.0 Å². The van der Waals surface area contributed by atoms with Crippen LogP contribution < -0.4 is 10.4 Å². The van der Waals surface area contributed by atoms with E-state index in [1.807, 2.05) is 18.2 Å². The number of hydrogen-bond donors (Lipinski definition) is 1. The number of carbonyl (C=O) groups excluding carboxylic acids is 2. The summed E-state index contributed by atoms with van der Waals surface area (Å²) < 4.78 is 0. The van der Waals surface area contributed by atoms with Crippen molar-refractivity contribution in [2.45, 2.75) is 19.3 Å². The molecule has 1 aromatic rings. The van der Waals surface area contributed by atoms with Crippen molar-refractivity contribution in [1.82, 2.24) is 5.32 Å². The van der Waals surface area contributed by atoms with Gasteiger partial charge in [0.2, 0.25) is 5.91 Å². The van der Waals surface area contributed by atoms with Gasteiger partial charge in [0.1, 0.15) is 0 Å². The summed E-state index contributed by atoms with van der Waals surface area (Å²) >= 11 is 5.81. The molecule has 0 bridgehead atoms. The number of benzene rings is 1. The van der Waals surface area contributed by atoms with Crippen molar-refractivity contribution >= 4 is 23.5 Å². The third-order valence-electron chi connectivity index (χ3n) is 3.70. The van der Waals surface area contributed by atoms with E-state index in [4.69, 9.17) is 11.6 Å². The average molecular weight is 307 g/mol. The fourth-order valence-corrected chi connectivity index (χ4v) is 2.60. The highest BCUT2D eigenvalue weighted by Gasteiger charge is 2.29. The number of rotatable bonds is 5. The fraction of sp³-hybridized carbons (Fsp3) is 0.375. The second kappa shape index (κ2) is 7.27. The molecule has 112 valence electrons. The van der Waals surface area contributed by atoms with Gasteiger partial charge in [0.05, 0.1) is 0 Å². The molecule has 1 aromatic carbocycles. The number of nitrogens with one attached hydrogen (secondary N) is 1. The zero-order chi connectivity index (χ0) is 15.2. The first-order valence-electron chi connectivity index (χ1n) is 6.96. The first-order valence-corrected chi connectivity index (χ1v) is 7.33. The SMILES string of the molecule is O=C(NCCc1ccc(Cl)cc1)[C@H]1CC=CC[C@H]1C(=O)[O-]. The highest BCUT2D eigenvalue weighted by molar-refractivity contribution is 6.30. The first kappa shape index (κ1) is 15.6. The van der Waals surface area contributed by atoms with Gasteiger partial charge in [0.15, 0.2) is 0 Å². The number of aliphatic carboxylic acids is 1. The molecule has 0 fully saturated rings. The molecule has 4 nitrogen and oxygen atoms in total. The lowest BCUT2D eigenvalue weighted by molar-refractivity contribution is -0.313. The van der Waals surface area contributed by atoms with Crippen LogP contribution in [0.15, 0.2) is 36.4 Å². The van der Waals surface area contributed by atoms with Gasteiger partial charge in [-0.15, -0.1) is 0 Å². The number of allylic oxidation sites excluding steroid dienone is 2. The van der Waals surface area contributed by atoms with Crippen molar-refractivity contribution in [2.24, 2.45) is 11.8 Å². The predicted molar refractivity (Wildman–Crippen MR) is 78.5 cm³/mol. The van der Waals surface area contributed by atoms with E-state index in [1.165, 1.54) is 0 Å². The Hall–Kier alpha value is -1.81. The smallest absolute Gasteiger partial charge is 0.224 e. The Labute approximate surface area is 128 Å². The molecule has 0 saturated carbocycles. The summed E-state index contributed by atoms with van der Waals surface area (Å²) in [6.07, 6.45) is 5.13. The van der Waals surface area contributed by atoms with Gasteiger partial charge in [0, 0.05) is 29.4 Å². The van der Waals surface area contributed by atoms with E-state index in [1.54, 1.807) is 18.2 Å². The Morgan fingerprint density at radius 3 is 2.38 bits per heavy atom. The van der Waals surface area contributed by atoms with Crippen molar-refractivity contribution < 1.29 is 14.7 Å². The molecule has 0 heterocycles. The summed E-state index contributed by atoms with van der Waals surface area (Å²) in [7, 11) is 0. The van der Waals surface area contributed by atoms with Gasteiger partial charge in [-0.25, -0.2) is 0 Å². The van der Waals surface area contributed by atoms with Gasteiger partial charge < -0.3 is 15.2 Å². The molecular formula is C16H17ClNO3-. The van der Waals surface area contributed by atoms with Gasteiger partial charge in [-0.2, -0.15) is 0 Å². The molecule has 0 radical (unpaired) electrons. The summed E-state index contributed by atoms with van der Waals surface area (Å²) in [5.74, 6) is -2.64. The van der Waals surface area contributed by atoms with Gasteiger partial charge in [0.25, 0.3) is 0 Å². The van der Waals surface area contributed by atoms with Crippen LogP contribution in [-0.4, -0.2) is 18.4 Å². The molecule has 2 atom stereocenters. The number of amides is 1. The van der Waals surface area contributed by atoms with Crippen LogP contribution in [0, 0.1) is 11.8 Å². The van der Waals surface area contributed by atoms with Crippen LogP contribution in [0.2, 0.25) is 5.02 Å². The maximum atomic E-state index is 12.1. The standard InChI is InChI=1S/C16H18ClNO3/c17-12-7-5-11(6-8-12)9-10-18-15(19)13-3-1-2-4-14(13)16(20)21/h1-2,5-8,13-14H,3-4,9-10H2,(H,18,19)(H,20,21)/p-1/t13-,14+/m0/s1. The molecule has 0 aliphatic heterocycles. The lowest BCUT2D eigenvalue weighted by atomic mass is 9.82. The Kier molecular flexibility index (Phi) is 5.39. The van der Waals surface area contributed by atoms with Gasteiger partial charge in [-0.3, -0.25) is 4.79 Å². The number of carboxylic acid groups (broad SMARTS) is 1. The third-order valence-corrected chi connectivity index (χ3v) is 3.95. The molecule has 0 unspecified atom stereocenters. The minimum Gasteiger partial charge on any atom is -0.550 e. The minimum absolute atomic E-state index is 0.220. The molecular weight excluding hydrogens is 290 g/mol. The lowest BCUT2D eigenvalue weighted by Gasteiger charge is -2.28. The number of hydrogen-bond acceptors (Lipinski definition) is 3. The second-order valence-electron chi connectivity index (χ2n) is 5.14. The van der Waals surface area contributed by atoms with Crippen molar-refractivity contribution in [2.75, 3.05) is 6.54 Å². The summed E-state index contributed by atoms with van der Waals surface area (Å²) in [4.78, 5) is 23.2. The van der Waals surface area contributed by atoms with Gasteiger partial charge in [-0.1, -0.05) is 35.9 Å². The molecule has 1 aliphatic carbocycles. The maximum Gasteiger partial charge on any atom is 0.224 e. The Morgan fingerprint density at radius 2 is 1.76 bits per heavy atom. The predicted octanol–water partition coefficient (Wildman–Crippen LogP) is 1.33. The quantitative estimate of drug-likeness (QED) is 0.834. The molecule has 2 rings (SSSR count). The lowest BCUT2D eigenvalue weighted by Crippen LogP contribution is -2.44. The van der Waals surface area contributed by atoms with Gasteiger partial charge >= 0.3 is 0 Å². The minimum atomic E-state index is -1.16. The van der Waals surface area contributed by atoms with E-state index in [0.717, 1.165) is 5.56 Å².